The number of rotatable bonds is 9. The second kappa shape index (κ2) is 10.2. The fraction of sp³-hybridized carbons (Fsp3) is 0.280. The molecule has 1 atom stereocenters. The van der Waals surface area contributed by atoms with E-state index in [1.165, 1.54) is 5.56 Å². The Morgan fingerprint density at radius 1 is 1.21 bits per heavy atom. The molecule has 4 rings (SSSR count). The van der Waals surface area contributed by atoms with Crippen molar-refractivity contribution >= 4 is 41.5 Å². The summed E-state index contributed by atoms with van der Waals surface area (Å²) in [4.78, 5) is 36.1. The standard InChI is InChI=1S/C25H27N5O2S/c1-25(2)23(21(32)16-31)28-17-30(25)15-14-27-24-26-13-12-20(29-24)22-11-10-19(33-22)9-8-18-6-4-3-5-7-18/h3-13,16,23,28H,14-15,17H2,1-2H3,(H,26,27,29)/b9-8+. The number of aldehydes is 1. The molecule has 8 heteroatoms. The molecule has 7 nitrogen and oxygen atoms in total. The first-order valence-electron chi connectivity index (χ1n) is 10.8. The maximum absolute atomic E-state index is 11.9. The minimum atomic E-state index is -0.487. The van der Waals surface area contributed by atoms with E-state index in [0.29, 0.717) is 32.0 Å². The van der Waals surface area contributed by atoms with E-state index in [-0.39, 0.29) is 0 Å². The average molecular weight is 462 g/mol. The van der Waals surface area contributed by atoms with Gasteiger partial charge in [-0.1, -0.05) is 36.4 Å². The van der Waals surface area contributed by atoms with Crippen molar-refractivity contribution in [2.24, 2.45) is 0 Å². The molecule has 2 N–H and O–H groups in total. The van der Waals surface area contributed by atoms with E-state index in [4.69, 9.17) is 0 Å². The van der Waals surface area contributed by atoms with Gasteiger partial charge in [0.1, 0.15) is 0 Å². The highest BCUT2D eigenvalue weighted by Gasteiger charge is 2.44. The van der Waals surface area contributed by atoms with Gasteiger partial charge in [-0.05, 0) is 43.7 Å². The van der Waals surface area contributed by atoms with Crippen LogP contribution in [0.2, 0.25) is 0 Å². The molecule has 1 fully saturated rings. The molecule has 0 bridgehead atoms. The number of nitrogens with one attached hydrogen (secondary N) is 2. The second-order valence-corrected chi connectivity index (χ2v) is 9.49. The Morgan fingerprint density at radius 2 is 2.03 bits per heavy atom. The van der Waals surface area contributed by atoms with E-state index in [0.717, 1.165) is 15.4 Å². The number of hydrogen-bond acceptors (Lipinski definition) is 8. The first-order chi connectivity index (χ1) is 16.0. The first-order valence-corrected chi connectivity index (χ1v) is 11.7. The van der Waals surface area contributed by atoms with Crippen molar-refractivity contribution in [3.8, 4) is 10.6 Å². The fourth-order valence-corrected chi connectivity index (χ4v) is 4.81. The van der Waals surface area contributed by atoms with Crippen LogP contribution < -0.4 is 10.6 Å². The molecule has 33 heavy (non-hydrogen) atoms. The lowest BCUT2D eigenvalue weighted by Crippen LogP contribution is -2.51. The van der Waals surface area contributed by atoms with E-state index in [1.807, 2.05) is 38.1 Å². The summed E-state index contributed by atoms with van der Waals surface area (Å²) in [5.74, 6) is 0.146. The van der Waals surface area contributed by atoms with E-state index in [1.54, 1.807) is 17.5 Å². The van der Waals surface area contributed by atoms with Gasteiger partial charge in [-0.25, -0.2) is 9.97 Å². The molecule has 0 spiro atoms. The monoisotopic (exact) mass is 461 g/mol. The molecule has 170 valence electrons. The molecule has 3 aromatic rings. The number of benzene rings is 1. The maximum Gasteiger partial charge on any atom is 0.223 e. The molecule has 1 aliphatic rings. The van der Waals surface area contributed by atoms with Gasteiger partial charge >= 0.3 is 0 Å². The van der Waals surface area contributed by atoms with Gasteiger partial charge in [-0.2, -0.15) is 0 Å². The van der Waals surface area contributed by atoms with Crippen LogP contribution in [0.4, 0.5) is 5.95 Å². The van der Waals surface area contributed by atoms with Gasteiger partial charge in [0.2, 0.25) is 11.7 Å². The van der Waals surface area contributed by atoms with Crippen LogP contribution in [0.25, 0.3) is 22.7 Å². The van der Waals surface area contributed by atoms with Crippen molar-refractivity contribution in [3.05, 3.63) is 65.2 Å². The number of ketones is 1. The fourth-order valence-electron chi connectivity index (χ4n) is 3.93. The lowest BCUT2D eigenvalue weighted by Gasteiger charge is -2.33. The van der Waals surface area contributed by atoms with E-state index in [9.17, 15) is 9.59 Å². The van der Waals surface area contributed by atoms with E-state index < -0.39 is 17.4 Å². The highest BCUT2D eigenvalue weighted by molar-refractivity contribution is 7.16. The van der Waals surface area contributed by atoms with Gasteiger partial charge < -0.3 is 5.32 Å². The summed E-state index contributed by atoms with van der Waals surface area (Å²) < 4.78 is 0. The Kier molecular flexibility index (Phi) is 7.08. The highest BCUT2D eigenvalue weighted by atomic mass is 32.1. The smallest absolute Gasteiger partial charge is 0.223 e. The number of thiophene rings is 1. The minimum absolute atomic E-state index is 0.397. The van der Waals surface area contributed by atoms with Crippen LogP contribution >= 0.6 is 11.3 Å². The maximum atomic E-state index is 11.9. The average Bonchev–Trinajstić information content (AvgIpc) is 3.42. The SMILES string of the molecule is CC1(C)C(C(=O)C=O)NCN1CCNc1nccc(-c2ccc(/C=C/c3ccccc3)s2)n1. The van der Waals surface area contributed by atoms with E-state index in [2.05, 4.69) is 61.9 Å². The van der Waals surface area contributed by atoms with Crippen molar-refractivity contribution in [2.45, 2.75) is 25.4 Å². The number of anilines is 1. The number of Topliss-reactive ketones (excluding diaryl/α,β-unsaturated/α-hetero) is 1. The molecule has 1 aromatic carbocycles. The first kappa shape index (κ1) is 23.0. The zero-order chi connectivity index (χ0) is 23.3. The number of aromatic nitrogens is 2. The molecule has 1 saturated heterocycles. The van der Waals surface area contributed by atoms with Gasteiger partial charge in [-0.15, -0.1) is 11.3 Å². The van der Waals surface area contributed by atoms with Crippen molar-refractivity contribution in [3.63, 3.8) is 0 Å². The summed E-state index contributed by atoms with van der Waals surface area (Å²) in [6.45, 7) is 5.79. The Labute approximate surface area is 197 Å². The van der Waals surface area contributed by atoms with Gasteiger partial charge in [0.15, 0.2) is 6.29 Å². The van der Waals surface area contributed by atoms with Crippen LogP contribution in [0.3, 0.4) is 0 Å². The number of nitrogens with zero attached hydrogens (tertiary/aromatic N) is 3. The normalized spacial score (nSPS) is 17.9. The van der Waals surface area contributed by atoms with Crippen molar-refractivity contribution in [2.75, 3.05) is 25.1 Å². The summed E-state index contributed by atoms with van der Waals surface area (Å²) in [5, 5.41) is 6.41. The Hall–Kier alpha value is -3.20. The largest absolute Gasteiger partial charge is 0.353 e. The van der Waals surface area contributed by atoms with Gasteiger partial charge in [0.25, 0.3) is 0 Å². The topological polar surface area (TPSA) is 87.2 Å². The van der Waals surface area contributed by atoms with Crippen LogP contribution in [0.15, 0.2) is 54.7 Å². The molecule has 2 aromatic heterocycles. The lowest BCUT2D eigenvalue weighted by atomic mass is 9.92. The summed E-state index contributed by atoms with van der Waals surface area (Å²) in [5.41, 5.74) is 1.60. The van der Waals surface area contributed by atoms with Crippen LogP contribution in [0.1, 0.15) is 24.3 Å². The summed E-state index contributed by atoms with van der Waals surface area (Å²) in [6.07, 6.45) is 6.36. The second-order valence-electron chi connectivity index (χ2n) is 8.37. The zero-order valence-corrected chi connectivity index (χ0v) is 19.5. The predicted octanol–water partition coefficient (Wildman–Crippen LogP) is 3.57. The van der Waals surface area contributed by atoms with Crippen LogP contribution in [0, 0.1) is 0 Å². The predicted molar refractivity (Wildman–Crippen MR) is 133 cm³/mol. The highest BCUT2D eigenvalue weighted by Crippen LogP contribution is 2.28. The van der Waals surface area contributed by atoms with Crippen LogP contribution in [0.5, 0.6) is 0 Å². The van der Waals surface area contributed by atoms with Crippen molar-refractivity contribution < 1.29 is 9.59 Å². The molecule has 1 aliphatic heterocycles. The van der Waals surface area contributed by atoms with Crippen LogP contribution in [-0.4, -0.2) is 58.3 Å². The molecular weight excluding hydrogens is 434 g/mol. The van der Waals surface area contributed by atoms with Gasteiger partial charge in [-0.3, -0.25) is 19.8 Å². The quantitative estimate of drug-likeness (QED) is 0.372. The van der Waals surface area contributed by atoms with Crippen LogP contribution in [-0.2, 0) is 9.59 Å². The zero-order valence-electron chi connectivity index (χ0n) is 18.7. The van der Waals surface area contributed by atoms with Gasteiger partial charge in [0, 0.05) is 36.4 Å². The third-order valence-corrected chi connectivity index (χ3v) is 6.92. The third-order valence-electron chi connectivity index (χ3n) is 5.85. The summed E-state index contributed by atoms with van der Waals surface area (Å²) in [7, 11) is 0. The van der Waals surface area contributed by atoms with Crippen molar-refractivity contribution in [1.29, 1.82) is 0 Å². The van der Waals surface area contributed by atoms with E-state index >= 15 is 0 Å². The Balaban J connectivity index is 1.35. The Bertz CT molecular complexity index is 1140. The molecule has 0 amide bonds. The van der Waals surface area contributed by atoms with Crippen molar-refractivity contribution in [1.82, 2.24) is 20.2 Å². The van der Waals surface area contributed by atoms with Gasteiger partial charge in [0.05, 0.1) is 16.6 Å². The lowest BCUT2D eigenvalue weighted by molar-refractivity contribution is -0.132. The number of carbonyl (C=O) groups is 2. The molecule has 0 radical (unpaired) electrons. The Morgan fingerprint density at radius 3 is 2.82 bits per heavy atom. The summed E-state index contributed by atoms with van der Waals surface area (Å²) >= 11 is 1.68. The number of hydrogen-bond donors (Lipinski definition) is 2. The minimum Gasteiger partial charge on any atom is -0.353 e. The molecule has 1 unspecified atom stereocenters. The number of carbonyl (C=O) groups excluding carboxylic acids is 2. The molecular formula is C25H27N5O2S. The summed E-state index contributed by atoms with van der Waals surface area (Å²) in [6, 6.07) is 15.8. The molecule has 3 heterocycles. The third kappa shape index (κ3) is 5.42. The molecule has 0 saturated carbocycles. The molecule has 0 aliphatic carbocycles.